The number of nitrogens with zero attached hydrogens (tertiary/aromatic N) is 3. The molecule has 2 aliphatic rings. The first kappa shape index (κ1) is 18.8. The van der Waals surface area contributed by atoms with Gasteiger partial charge in [0.25, 0.3) is 0 Å². The second-order valence-electron chi connectivity index (χ2n) is 7.16. The van der Waals surface area contributed by atoms with Crippen molar-refractivity contribution in [2.24, 2.45) is 5.92 Å². The first-order chi connectivity index (χ1) is 12.2. The molecule has 26 heavy (non-hydrogen) atoms. The number of aryl methyl sites for hydroxylation is 1. The standard InChI is InChI=1S/C18H25N3O4S/c1-13-4-6-14(7-5-13)17-15(12-16(22)19(17)2)18(23)20-8-10-21(11-9-20)26(3,24)25/h4-7,15,17H,8-12H2,1-3H3/t15-,17+/m1/s1. The van der Waals surface area contributed by atoms with E-state index in [9.17, 15) is 18.0 Å². The number of piperazine rings is 1. The van der Waals surface area contributed by atoms with E-state index in [4.69, 9.17) is 0 Å². The Labute approximate surface area is 154 Å². The fraction of sp³-hybridized carbons (Fsp3) is 0.556. The lowest BCUT2D eigenvalue weighted by Crippen LogP contribution is -2.52. The molecule has 0 N–H and O–H groups in total. The Morgan fingerprint density at radius 3 is 2.19 bits per heavy atom. The van der Waals surface area contributed by atoms with Crippen LogP contribution in [0.1, 0.15) is 23.6 Å². The van der Waals surface area contributed by atoms with Gasteiger partial charge in [0.05, 0.1) is 18.2 Å². The van der Waals surface area contributed by atoms with Gasteiger partial charge >= 0.3 is 0 Å². The average Bonchev–Trinajstić information content (AvgIpc) is 2.90. The van der Waals surface area contributed by atoms with Crippen LogP contribution in [0.3, 0.4) is 0 Å². The molecule has 7 nitrogen and oxygen atoms in total. The van der Waals surface area contributed by atoms with Crippen molar-refractivity contribution < 1.29 is 18.0 Å². The lowest BCUT2D eigenvalue weighted by Gasteiger charge is -2.36. The molecule has 0 radical (unpaired) electrons. The Bertz CT molecular complexity index is 798. The van der Waals surface area contributed by atoms with Gasteiger partial charge in [-0.15, -0.1) is 0 Å². The monoisotopic (exact) mass is 379 g/mol. The maximum absolute atomic E-state index is 13.1. The summed E-state index contributed by atoms with van der Waals surface area (Å²) in [6.07, 6.45) is 1.38. The molecule has 1 aromatic carbocycles. The molecule has 2 saturated heterocycles. The van der Waals surface area contributed by atoms with Crippen molar-refractivity contribution in [1.29, 1.82) is 0 Å². The van der Waals surface area contributed by atoms with E-state index in [2.05, 4.69) is 0 Å². The summed E-state index contributed by atoms with van der Waals surface area (Å²) in [4.78, 5) is 28.7. The Kier molecular flexibility index (Phi) is 5.07. The van der Waals surface area contributed by atoms with Gasteiger partial charge in [-0.3, -0.25) is 9.59 Å². The van der Waals surface area contributed by atoms with Crippen molar-refractivity contribution in [1.82, 2.24) is 14.1 Å². The fourth-order valence-corrected chi connectivity index (χ4v) is 4.61. The quantitative estimate of drug-likeness (QED) is 0.771. The van der Waals surface area contributed by atoms with Crippen LogP contribution in [0.15, 0.2) is 24.3 Å². The highest BCUT2D eigenvalue weighted by Gasteiger charge is 2.44. The lowest BCUT2D eigenvalue weighted by molar-refractivity contribution is -0.137. The molecular formula is C18H25N3O4S. The van der Waals surface area contributed by atoms with Gasteiger partial charge in [-0.1, -0.05) is 29.8 Å². The zero-order valence-corrected chi connectivity index (χ0v) is 16.2. The first-order valence-electron chi connectivity index (χ1n) is 8.74. The van der Waals surface area contributed by atoms with Crippen LogP contribution in [0.4, 0.5) is 0 Å². The molecule has 3 rings (SSSR count). The van der Waals surface area contributed by atoms with E-state index >= 15 is 0 Å². The van der Waals surface area contributed by atoms with Crippen molar-refractivity contribution in [3.05, 3.63) is 35.4 Å². The predicted octanol–water partition coefficient (Wildman–Crippen LogP) is 0.618. The molecule has 0 unspecified atom stereocenters. The zero-order chi connectivity index (χ0) is 19.1. The van der Waals surface area contributed by atoms with E-state index < -0.39 is 15.9 Å². The second-order valence-corrected chi connectivity index (χ2v) is 9.14. The molecule has 2 aliphatic heterocycles. The molecule has 2 atom stereocenters. The van der Waals surface area contributed by atoms with Crippen molar-refractivity contribution in [2.45, 2.75) is 19.4 Å². The summed E-state index contributed by atoms with van der Waals surface area (Å²) in [5.41, 5.74) is 2.08. The van der Waals surface area contributed by atoms with Crippen molar-refractivity contribution in [3.63, 3.8) is 0 Å². The molecule has 0 bridgehead atoms. The molecule has 2 fully saturated rings. The number of carbonyl (C=O) groups excluding carboxylic acids is 2. The normalized spacial score (nSPS) is 25.0. The summed E-state index contributed by atoms with van der Waals surface area (Å²) in [6.45, 7) is 3.33. The summed E-state index contributed by atoms with van der Waals surface area (Å²) >= 11 is 0. The van der Waals surface area contributed by atoms with Gasteiger partial charge in [0.1, 0.15) is 0 Å². The van der Waals surface area contributed by atoms with Crippen LogP contribution >= 0.6 is 0 Å². The van der Waals surface area contributed by atoms with Crippen molar-refractivity contribution in [2.75, 3.05) is 39.5 Å². The number of hydrogen-bond donors (Lipinski definition) is 0. The molecule has 0 aromatic heterocycles. The van der Waals surface area contributed by atoms with Crippen molar-refractivity contribution in [3.8, 4) is 0 Å². The minimum Gasteiger partial charge on any atom is -0.340 e. The van der Waals surface area contributed by atoms with Gasteiger partial charge in [-0.05, 0) is 12.5 Å². The van der Waals surface area contributed by atoms with E-state index in [1.165, 1.54) is 10.6 Å². The number of benzene rings is 1. The number of carbonyl (C=O) groups is 2. The van der Waals surface area contributed by atoms with Gasteiger partial charge in [-0.25, -0.2) is 8.42 Å². The van der Waals surface area contributed by atoms with Gasteiger partial charge in [0, 0.05) is 39.6 Å². The molecule has 8 heteroatoms. The fourth-order valence-electron chi connectivity index (χ4n) is 3.79. The molecular weight excluding hydrogens is 354 g/mol. The molecule has 2 amide bonds. The summed E-state index contributed by atoms with van der Waals surface area (Å²) in [5, 5.41) is 0. The third kappa shape index (κ3) is 3.61. The van der Waals surface area contributed by atoms with Crippen LogP contribution in [0, 0.1) is 12.8 Å². The Morgan fingerprint density at radius 2 is 1.65 bits per heavy atom. The number of hydrogen-bond acceptors (Lipinski definition) is 4. The van der Waals surface area contributed by atoms with E-state index in [0.29, 0.717) is 26.2 Å². The summed E-state index contributed by atoms with van der Waals surface area (Å²) in [7, 11) is -1.50. The summed E-state index contributed by atoms with van der Waals surface area (Å²) < 4.78 is 24.7. The first-order valence-corrected chi connectivity index (χ1v) is 10.6. The SMILES string of the molecule is Cc1ccc([C@H]2[C@H](C(=O)N3CCN(S(C)(=O)=O)CC3)CC(=O)N2C)cc1. The van der Waals surface area contributed by atoms with E-state index in [1.807, 2.05) is 31.2 Å². The highest BCUT2D eigenvalue weighted by molar-refractivity contribution is 7.88. The maximum atomic E-state index is 13.1. The van der Waals surface area contributed by atoms with Gasteiger partial charge in [-0.2, -0.15) is 4.31 Å². The highest BCUT2D eigenvalue weighted by Crippen LogP contribution is 2.38. The smallest absolute Gasteiger partial charge is 0.228 e. The zero-order valence-electron chi connectivity index (χ0n) is 15.4. The minimum atomic E-state index is -3.24. The number of likely N-dealkylation sites (tertiary alicyclic amines) is 1. The van der Waals surface area contributed by atoms with Crippen LogP contribution in [-0.2, 0) is 19.6 Å². The number of amides is 2. The molecule has 0 aliphatic carbocycles. The third-order valence-electron chi connectivity index (χ3n) is 5.34. The van der Waals surface area contributed by atoms with Gasteiger partial charge in [0.15, 0.2) is 0 Å². The molecule has 1 aromatic rings. The van der Waals surface area contributed by atoms with E-state index in [-0.39, 0.29) is 24.3 Å². The van der Waals surface area contributed by atoms with Crippen LogP contribution < -0.4 is 0 Å². The third-order valence-corrected chi connectivity index (χ3v) is 6.64. The van der Waals surface area contributed by atoms with Crippen molar-refractivity contribution >= 4 is 21.8 Å². The maximum Gasteiger partial charge on any atom is 0.228 e. The second kappa shape index (κ2) is 7.00. The molecule has 0 saturated carbocycles. The van der Waals surface area contributed by atoms with Gasteiger partial charge < -0.3 is 9.80 Å². The summed E-state index contributed by atoms with van der Waals surface area (Å²) in [5.74, 6) is -0.537. The molecule has 2 heterocycles. The van der Waals surface area contributed by atoms with Crippen LogP contribution in [0.2, 0.25) is 0 Å². The molecule has 0 spiro atoms. The average molecular weight is 379 g/mol. The van der Waals surface area contributed by atoms with Crippen LogP contribution in [0.5, 0.6) is 0 Å². The Balaban J connectivity index is 1.77. The topological polar surface area (TPSA) is 78.0 Å². The largest absolute Gasteiger partial charge is 0.340 e. The summed E-state index contributed by atoms with van der Waals surface area (Å²) in [6, 6.07) is 7.63. The predicted molar refractivity (Wildman–Crippen MR) is 97.8 cm³/mol. The van der Waals surface area contributed by atoms with E-state index in [1.54, 1.807) is 16.8 Å². The van der Waals surface area contributed by atoms with Crippen LogP contribution in [0.25, 0.3) is 0 Å². The number of sulfonamides is 1. The number of rotatable bonds is 3. The minimum absolute atomic E-state index is 0.0382. The van der Waals surface area contributed by atoms with Gasteiger partial charge in [0.2, 0.25) is 21.8 Å². The molecule has 142 valence electrons. The van der Waals surface area contributed by atoms with E-state index in [0.717, 1.165) is 11.1 Å². The Morgan fingerprint density at radius 1 is 1.08 bits per heavy atom. The lowest BCUT2D eigenvalue weighted by atomic mass is 9.91. The Hall–Kier alpha value is -1.93. The van der Waals surface area contributed by atoms with Crippen LogP contribution in [-0.4, -0.2) is 73.8 Å². The highest BCUT2D eigenvalue weighted by atomic mass is 32.2.